The van der Waals surface area contributed by atoms with E-state index in [4.69, 9.17) is 0 Å². The summed E-state index contributed by atoms with van der Waals surface area (Å²) in [4.78, 5) is 0.169. The second-order valence-electron chi connectivity index (χ2n) is 6.42. The number of halogens is 2. The molecule has 7 heteroatoms. The maximum atomic E-state index is 13.4. The van der Waals surface area contributed by atoms with Crippen LogP contribution in [0.3, 0.4) is 0 Å². The fourth-order valence-corrected chi connectivity index (χ4v) is 4.88. The molecule has 4 nitrogen and oxygen atoms in total. The van der Waals surface area contributed by atoms with Gasteiger partial charge in [-0.2, -0.15) is 17.9 Å². The molecule has 0 N–H and O–H groups in total. The van der Waals surface area contributed by atoms with Crippen molar-refractivity contribution in [2.24, 2.45) is 5.10 Å². The monoisotopic (exact) mass is 458 g/mol. The van der Waals surface area contributed by atoms with Crippen molar-refractivity contribution in [3.8, 4) is 0 Å². The highest BCUT2D eigenvalue weighted by atomic mass is 79.9. The molecule has 0 radical (unpaired) electrons. The van der Waals surface area contributed by atoms with Crippen LogP contribution in [-0.2, 0) is 10.0 Å². The number of hydrogen-bond donors (Lipinski definition) is 0. The fourth-order valence-electron chi connectivity index (χ4n) is 3.16. The first-order chi connectivity index (χ1) is 13.4. The van der Waals surface area contributed by atoms with E-state index in [0.29, 0.717) is 17.7 Å². The maximum absolute atomic E-state index is 13.4. The Labute approximate surface area is 171 Å². The second kappa shape index (κ2) is 7.48. The zero-order valence-electron chi connectivity index (χ0n) is 14.7. The summed E-state index contributed by atoms with van der Waals surface area (Å²) in [6, 6.07) is 21.1. The standard InChI is InChI=1S/C21H16BrFN2O2S/c22-17-10-6-15(7-11-17)20-14-21(16-8-12-18(23)13-9-16)25(24-20)28(26,27)19-4-2-1-3-5-19/h1-13,21H,14H2. The lowest BCUT2D eigenvalue weighted by molar-refractivity contribution is 0.371. The number of rotatable bonds is 4. The van der Waals surface area contributed by atoms with Crippen molar-refractivity contribution in [3.05, 3.63) is 100 Å². The van der Waals surface area contributed by atoms with E-state index in [1.54, 1.807) is 42.5 Å². The molecule has 142 valence electrons. The van der Waals surface area contributed by atoms with Gasteiger partial charge < -0.3 is 0 Å². The Morgan fingerprint density at radius 3 is 2.21 bits per heavy atom. The van der Waals surface area contributed by atoms with E-state index in [1.165, 1.54) is 12.1 Å². The van der Waals surface area contributed by atoms with Gasteiger partial charge in [-0.05, 0) is 47.5 Å². The van der Waals surface area contributed by atoms with E-state index in [2.05, 4.69) is 21.0 Å². The van der Waals surface area contributed by atoms with Crippen LogP contribution in [0.4, 0.5) is 4.39 Å². The third-order valence-corrected chi connectivity index (χ3v) is 6.82. The van der Waals surface area contributed by atoms with Gasteiger partial charge in [-0.3, -0.25) is 0 Å². The second-order valence-corrected chi connectivity index (χ2v) is 9.13. The summed E-state index contributed by atoms with van der Waals surface area (Å²) in [7, 11) is -3.85. The Morgan fingerprint density at radius 1 is 0.929 bits per heavy atom. The Bertz CT molecular complexity index is 1120. The average Bonchev–Trinajstić information content (AvgIpc) is 3.16. The van der Waals surface area contributed by atoms with Gasteiger partial charge in [-0.25, -0.2) is 4.39 Å². The Kier molecular flexibility index (Phi) is 5.03. The van der Waals surface area contributed by atoms with E-state index in [-0.39, 0.29) is 10.7 Å². The largest absolute Gasteiger partial charge is 0.279 e. The van der Waals surface area contributed by atoms with Gasteiger partial charge in [0.15, 0.2) is 0 Å². The Hall–Kier alpha value is -2.51. The minimum atomic E-state index is -3.85. The highest BCUT2D eigenvalue weighted by Gasteiger charge is 2.37. The molecule has 0 spiro atoms. The molecule has 0 saturated heterocycles. The molecule has 0 bridgehead atoms. The minimum absolute atomic E-state index is 0.169. The van der Waals surface area contributed by atoms with Crippen molar-refractivity contribution >= 4 is 31.7 Å². The summed E-state index contributed by atoms with van der Waals surface area (Å²) in [6.45, 7) is 0. The van der Waals surface area contributed by atoms with Crippen molar-refractivity contribution in [1.82, 2.24) is 4.41 Å². The highest BCUT2D eigenvalue weighted by Crippen LogP contribution is 2.37. The summed E-state index contributed by atoms with van der Waals surface area (Å²) in [5.74, 6) is -0.367. The number of hydrazone groups is 1. The van der Waals surface area contributed by atoms with Crippen molar-refractivity contribution in [3.63, 3.8) is 0 Å². The van der Waals surface area contributed by atoms with E-state index >= 15 is 0 Å². The van der Waals surface area contributed by atoms with Crippen LogP contribution < -0.4 is 0 Å². The molecule has 3 aromatic carbocycles. The number of sulfonamides is 1. The molecule has 3 aromatic rings. The molecular weight excluding hydrogens is 443 g/mol. The van der Waals surface area contributed by atoms with E-state index in [0.717, 1.165) is 14.5 Å². The van der Waals surface area contributed by atoms with Crippen molar-refractivity contribution in [2.45, 2.75) is 17.4 Å². The molecule has 0 aliphatic carbocycles. The molecule has 1 aliphatic rings. The zero-order valence-corrected chi connectivity index (χ0v) is 17.1. The number of hydrogen-bond acceptors (Lipinski definition) is 3. The molecule has 1 aliphatic heterocycles. The van der Waals surface area contributed by atoms with Gasteiger partial charge in [0.05, 0.1) is 16.6 Å². The van der Waals surface area contributed by atoms with Gasteiger partial charge in [0, 0.05) is 10.9 Å². The minimum Gasteiger partial charge on any atom is -0.207 e. The molecule has 0 saturated carbocycles. The van der Waals surface area contributed by atoms with Gasteiger partial charge in [-0.1, -0.05) is 58.4 Å². The summed E-state index contributed by atoms with van der Waals surface area (Å²) in [5.41, 5.74) is 2.21. The normalized spacial score (nSPS) is 16.9. The van der Waals surface area contributed by atoms with Crippen LogP contribution in [-0.4, -0.2) is 18.5 Å². The van der Waals surface area contributed by atoms with E-state index in [1.807, 2.05) is 24.3 Å². The highest BCUT2D eigenvalue weighted by molar-refractivity contribution is 9.10. The van der Waals surface area contributed by atoms with Gasteiger partial charge in [0.1, 0.15) is 5.82 Å². The summed E-state index contributed by atoms with van der Waals surface area (Å²) >= 11 is 3.40. The first-order valence-corrected chi connectivity index (χ1v) is 10.9. The molecule has 4 rings (SSSR count). The van der Waals surface area contributed by atoms with Crippen molar-refractivity contribution < 1.29 is 12.8 Å². The van der Waals surface area contributed by atoms with Crippen LogP contribution in [0.25, 0.3) is 0 Å². The third-order valence-electron chi connectivity index (χ3n) is 4.59. The molecule has 1 unspecified atom stereocenters. The van der Waals surface area contributed by atoms with E-state index in [9.17, 15) is 12.8 Å². The maximum Gasteiger partial charge on any atom is 0.279 e. The van der Waals surface area contributed by atoms with Crippen LogP contribution >= 0.6 is 15.9 Å². The van der Waals surface area contributed by atoms with Crippen molar-refractivity contribution in [2.75, 3.05) is 0 Å². The van der Waals surface area contributed by atoms with Gasteiger partial charge in [0.25, 0.3) is 10.0 Å². The summed E-state index contributed by atoms with van der Waals surface area (Å²) in [6.07, 6.45) is 0.402. The van der Waals surface area contributed by atoms with Crippen LogP contribution in [0.1, 0.15) is 23.6 Å². The summed E-state index contributed by atoms with van der Waals surface area (Å²) in [5, 5.41) is 4.47. The lowest BCUT2D eigenvalue weighted by Crippen LogP contribution is -2.27. The molecule has 1 heterocycles. The third kappa shape index (κ3) is 3.59. The van der Waals surface area contributed by atoms with Gasteiger partial charge in [-0.15, -0.1) is 0 Å². The molecule has 0 fully saturated rings. The van der Waals surface area contributed by atoms with Crippen molar-refractivity contribution in [1.29, 1.82) is 0 Å². The number of nitrogens with zero attached hydrogens (tertiary/aromatic N) is 2. The van der Waals surface area contributed by atoms with Crippen LogP contribution in [0.15, 0.2) is 93.3 Å². The topological polar surface area (TPSA) is 49.7 Å². The quantitative estimate of drug-likeness (QED) is 0.544. The lowest BCUT2D eigenvalue weighted by atomic mass is 9.99. The predicted octanol–water partition coefficient (Wildman–Crippen LogP) is 5.13. The number of benzene rings is 3. The van der Waals surface area contributed by atoms with Gasteiger partial charge in [0.2, 0.25) is 0 Å². The van der Waals surface area contributed by atoms with Gasteiger partial charge >= 0.3 is 0 Å². The molecule has 1 atom stereocenters. The smallest absolute Gasteiger partial charge is 0.207 e. The van der Waals surface area contributed by atoms with Crippen LogP contribution in [0, 0.1) is 5.82 Å². The molecule has 28 heavy (non-hydrogen) atoms. The summed E-state index contributed by atoms with van der Waals surface area (Å²) < 4.78 is 42.0. The zero-order chi connectivity index (χ0) is 19.7. The van der Waals surface area contributed by atoms with Crippen LogP contribution in [0.5, 0.6) is 0 Å². The van der Waals surface area contributed by atoms with E-state index < -0.39 is 16.1 Å². The fraction of sp³-hybridized carbons (Fsp3) is 0.0952. The molecule has 0 amide bonds. The predicted molar refractivity (Wildman–Crippen MR) is 110 cm³/mol. The molecule has 0 aromatic heterocycles. The SMILES string of the molecule is O=S(=O)(c1ccccc1)N1N=C(c2ccc(Br)cc2)CC1c1ccc(F)cc1. The average molecular weight is 459 g/mol. The first kappa shape index (κ1) is 18.8. The lowest BCUT2D eigenvalue weighted by Gasteiger charge is -2.23. The Morgan fingerprint density at radius 2 is 1.57 bits per heavy atom. The molecular formula is C21H16BrFN2O2S. The first-order valence-electron chi connectivity index (χ1n) is 8.63. The Balaban J connectivity index is 1.79. The van der Waals surface area contributed by atoms with Crippen LogP contribution in [0.2, 0.25) is 0 Å².